The third-order valence-corrected chi connectivity index (χ3v) is 17.2. The van der Waals surface area contributed by atoms with Crippen LogP contribution in [0.15, 0.2) is 73.1 Å². The van der Waals surface area contributed by atoms with Gasteiger partial charge in [0.05, 0.1) is 22.8 Å². The number of aromatic nitrogens is 4. The van der Waals surface area contributed by atoms with Crippen LogP contribution >= 0.6 is 0 Å². The second-order valence-electron chi connectivity index (χ2n) is 21.3. The summed E-state index contributed by atoms with van der Waals surface area (Å²) in [5.41, 5.74) is 9.36. The Hall–Kier alpha value is -3.27. The molecule has 0 aromatic carbocycles. The molecule has 0 spiro atoms. The lowest BCUT2D eigenvalue weighted by Gasteiger charge is -2.28. The topological polar surface area (TPSA) is 51.6 Å². The number of rotatable bonds is 29. The van der Waals surface area contributed by atoms with Gasteiger partial charge in [0, 0.05) is 34.9 Å². The molecule has 0 amide bonds. The van der Waals surface area contributed by atoms with E-state index in [-0.39, 0.29) is 0 Å². The van der Waals surface area contributed by atoms with Gasteiger partial charge in [0.25, 0.3) is 0 Å². The minimum Gasteiger partial charge on any atom is -0.256 e. The van der Waals surface area contributed by atoms with Crippen LogP contribution in [0.1, 0.15) is 229 Å². The van der Waals surface area contributed by atoms with Crippen LogP contribution in [-0.4, -0.2) is 33.4 Å². The number of unbranched alkanes of at least 4 members (excludes halogenated alkanes) is 18. The maximum atomic E-state index is 5.88. The van der Waals surface area contributed by atoms with Crippen molar-refractivity contribution >= 4 is 13.4 Å². The van der Waals surface area contributed by atoms with Crippen LogP contribution in [0.2, 0.25) is 23.3 Å². The molecule has 4 saturated heterocycles. The monoisotopic (exact) mass is 859 g/mol. The van der Waals surface area contributed by atoms with E-state index in [1.165, 1.54) is 215 Å². The normalized spacial score (nSPS) is 21.0. The summed E-state index contributed by atoms with van der Waals surface area (Å²) < 4.78 is 0. The quantitative estimate of drug-likeness (QED) is 0.0403. The molecule has 342 valence electrons. The summed E-state index contributed by atoms with van der Waals surface area (Å²) in [5.74, 6) is 4.31. The van der Waals surface area contributed by atoms with Gasteiger partial charge in [-0.05, 0) is 60.2 Å². The SMILES string of the molecule is CCCCCCCCCCCCC(B1C2CCC1CC2)c1nc(-c2ccc(-c3ccccn3)c(C(CCCCCCCCCCCC)B3C4CCC3CC4)n2)ccc1-c1ccccn1. The lowest BCUT2D eigenvalue weighted by molar-refractivity contribution is 0.544. The summed E-state index contributed by atoms with van der Waals surface area (Å²) in [6, 6.07) is 22.2. The van der Waals surface area contributed by atoms with Crippen LogP contribution in [-0.2, 0) is 0 Å². The van der Waals surface area contributed by atoms with Gasteiger partial charge in [0.15, 0.2) is 13.4 Å². The van der Waals surface area contributed by atoms with Crippen molar-refractivity contribution in [2.45, 2.75) is 241 Å². The maximum Gasteiger partial charge on any atom is 0.156 e. The first-order valence-electron chi connectivity index (χ1n) is 27.6. The van der Waals surface area contributed by atoms with Crippen molar-refractivity contribution < 1.29 is 0 Å². The van der Waals surface area contributed by atoms with Crippen LogP contribution in [0.4, 0.5) is 0 Å². The zero-order valence-corrected chi connectivity index (χ0v) is 40.5. The smallest absolute Gasteiger partial charge is 0.156 e. The van der Waals surface area contributed by atoms with Gasteiger partial charge in [0.1, 0.15) is 0 Å². The molecule has 64 heavy (non-hydrogen) atoms. The van der Waals surface area contributed by atoms with E-state index in [9.17, 15) is 0 Å². The van der Waals surface area contributed by atoms with E-state index in [1.54, 1.807) is 0 Å². The molecule has 0 radical (unpaired) electrons. The van der Waals surface area contributed by atoms with Crippen molar-refractivity contribution in [3.05, 3.63) is 84.4 Å². The van der Waals surface area contributed by atoms with Gasteiger partial charge in [-0.3, -0.25) is 19.9 Å². The molecule has 2 atom stereocenters. The van der Waals surface area contributed by atoms with E-state index < -0.39 is 0 Å². The average Bonchev–Trinajstić information content (AvgIpc) is 4.15. The summed E-state index contributed by atoms with van der Waals surface area (Å²) in [4.78, 5) is 21.7. The molecule has 6 heteroatoms. The molecule has 4 fully saturated rings. The van der Waals surface area contributed by atoms with E-state index in [0.29, 0.717) is 11.6 Å². The molecule has 4 aliphatic rings. The standard InChI is InChI=1S/C58H84B2N4/c1-3-5-7-9-11-13-15-17-19-21-27-51(59-45-31-32-46(59)34-33-45)57-49(53-29-23-25-43-61-53)39-41-55(63-57)56-42-40-50(54-30-24-26-44-62-54)58(64-56)52(60-47-35-36-48(60)38-37-47)28-22-20-18-16-14-12-10-8-6-4-2/h23-26,29-30,39-48,51-52H,3-22,27-28,31-38H2,1-2H3. The van der Waals surface area contributed by atoms with Crippen LogP contribution < -0.4 is 0 Å². The predicted molar refractivity (Wildman–Crippen MR) is 276 cm³/mol. The minimum atomic E-state index is 0.469. The van der Waals surface area contributed by atoms with Gasteiger partial charge in [-0.2, -0.15) is 0 Å². The number of fused-ring (bicyclic) bond motifs is 4. The maximum absolute atomic E-state index is 5.88. The molecule has 4 aliphatic heterocycles. The molecule has 4 aromatic rings. The fourth-order valence-electron chi connectivity index (χ4n) is 13.9. The molecule has 8 heterocycles. The second kappa shape index (κ2) is 25.0. The zero-order chi connectivity index (χ0) is 43.8. The third kappa shape index (κ3) is 12.2. The fourth-order valence-corrected chi connectivity index (χ4v) is 13.9. The van der Waals surface area contributed by atoms with Crippen molar-refractivity contribution in [3.8, 4) is 33.9 Å². The van der Waals surface area contributed by atoms with Crippen LogP contribution in [0.3, 0.4) is 0 Å². The van der Waals surface area contributed by atoms with Gasteiger partial charge >= 0.3 is 0 Å². The molecule has 0 aliphatic carbocycles. The highest BCUT2D eigenvalue weighted by molar-refractivity contribution is 6.66. The molecule has 4 nitrogen and oxygen atoms in total. The summed E-state index contributed by atoms with van der Waals surface area (Å²) >= 11 is 0. The number of hydrogen-bond donors (Lipinski definition) is 0. The van der Waals surface area contributed by atoms with E-state index in [0.717, 1.165) is 59.5 Å². The molecule has 4 bridgehead atoms. The first kappa shape index (κ1) is 47.2. The number of pyridine rings is 4. The molecule has 2 unspecified atom stereocenters. The van der Waals surface area contributed by atoms with E-state index in [4.69, 9.17) is 19.9 Å². The summed E-state index contributed by atoms with van der Waals surface area (Å²) in [5, 5.41) is 0. The van der Waals surface area contributed by atoms with Gasteiger partial charge in [0.2, 0.25) is 0 Å². The van der Waals surface area contributed by atoms with Crippen molar-refractivity contribution in [3.63, 3.8) is 0 Å². The van der Waals surface area contributed by atoms with Crippen LogP contribution in [0.25, 0.3) is 33.9 Å². The Morgan fingerprint density at radius 1 is 0.391 bits per heavy atom. The number of nitrogens with zero attached hydrogens (tertiary/aromatic N) is 4. The van der Waals surface area contributed by atoms with E-state index in [2.05, 4.69) is 74.5 Å². The van der Waals surface area contributed by atoms with Gasteiger partial charge < -0.3 is 0 Å². The van der Waals surface area contributed by atoms with Gasteiger partial charge in [-0.1, -0.05) is 242 Å². The van der Waals surface area contributed by atoms with Gasteiger partial charge in [-0.25, -0.2) is 0 Å². The summed E-state index contributed by atoms with van der Waals surface area (Å²) in [7, 11) is 0. The van der Waals surface area contributed by atoms with E-state index >= 15 is 0 Å². The summed E-state index contributed by atoms with van der Waals surface area (Å²) in [6.07, 6.45) is 45.3. The molecule has 4 aromatic heterocycles. The number of hydrogen-bond acceptors (Lipinski definition) is 4. The van der Waals surface area contributed by atoms with Crippen LogP contribution in [0.5, 0.6) is 0 Å². The van der Waals surface area contributed by atoms with Crippen molar-refractivity contribution in [1.29, 1.82) is 0 Å². The molecule has 0 saturated carbocycles. The first-order chi connectivity index (χ1) is 31.7. The Labute approximate surface area is 391 Å². The largest absolute Gasteiger partial charge is 0.256 e. The highest BCUT2D eigenvalue weighted by atomic mass is 14.8. The van der Waals surface area contributed by atoms with Crippen molar-refractivity contribution in [2.24, 2.45) is 0 Å². The van der Waals surface area contributed by atoms with Gasteiger partial charge in [-0.15, -0.1) is 0 Å². The lowest BCUT2D eigenvalue weighted by atomic mass is 9.32. The Balaban J connectivity index is 1.09. The van der Waals surface area contributed by atoms with E-state index in [1.807, 2.05) is 12.4 Å². The van der Waals surface area contributed by atoms with Crippen LogP contribution in [0, 0.1) is 0 Å². The molecule has 0 N–H and O–H groups in total. The molecular weight excluding hydrogens is 774 g/mol. The molecular formula is C58H84B2N4. The third-order valence-electron chi connectivity index (χ3n) is 17.2. The summed E-state index contributed by atoms with van der Waals surface area (Å²) in [6.45, 7) is 6.11. The van der Waals surface area contributed by atoms with Crippen molar-refractivity contribution in [2.75, 3.05) is 0 Å². The predicted octanol–water partition coefficient (Wildman–Crippen LogP) is 17.8. The zero-order valence-electron chi connectivity index (χ0n) is 40.5. The Kier molecular flexibility index (Phi) is 18.5. The Morgan fingerprint density at radius 3 is 1.03 bits per heavy atom. The average molecular weight is 859 g/mol. The Bertz CT molecular complexity index is 1770. The second-order valence-corrected chi connectivity index (χ2v) is 21.3. The minimum absolute atomic E-state index is 0.469. The highest BCUT2D eigenvalue weighted by Gasteiger charge is 2.50. The molecule has 8 rings (SSSR count). The van der Waals surface area contributed by atoms with Crippen molar-refractivity contribution in [1.82, 2.24) is 19.9 Å². The fraction of sp³-hybridized carbons (Fsp3) is 0.655. The lowest BCUT2D eigenvalue weighted by Crippen LogP contribution is -2.27. The highest BCUT2D eigenvalue weighted by Crippen LogP contribution is 2.58. The first-order valence-corrected chi connectivity index (χ1v) is 27.6. The Morgan fingerprint density at radius 2 is 0.719 bits per heavy atom.